The zero-order chi connectivity index (χ0) is 14.8. The van der Waals surface area contributed by atoms with Crippen LogP contribution in [0.15, 0.2) is 24.3 Å². The SMILES string of the molecule is Cc1ccc(C)c(/C=C/CCCCCCCC(=O)Cl)c1. The summed E-state index contributed by atoms with van der Waals surface area (Å²) < 4.78 is 0. The third-order valence-corrected chi connectivity index (χ3v) is 3.67. The second-order valence-corrected chi connectivity index (χ2v) is 5.85. The number of carbonyl (C=O) groups excluding carboxylic acids is 1. The molecule has 0 amide bonds. The molecule has 0 saturated heterocycles. The van der Waals surface area contributed by atoms with Gasteiger partial charge in [-0.25, -0.2) is 0 Å². The molecule has 0 heterocycles. The van der Waals surface area contributed by atoms with Gasteiger partial charge in [-0.15, -0.1) is 0 Å². The average molecular weight is 293 g/mol. The molecule has 1 nitrogen and oxygen atoms in total. The van der Waals surface area contributed by atoms with Gasteiger partial charge in [-0.3, -0.25) is 4.79 Å². The maximum atomic E-state index is 10.6. The monoisotopic (exact) mass is 292 g/mol. The molecular formula is C18H25ClO. The number of aryl methyl sites for hydroxylation is 2. The Morgan fingerprint density at radius 3 is 2.55 bits per heavy atom. The van der Waals surface area contributed by atoms with Crippen LogP contribution in [-0.4, -0.2) is 5.24 Å². The summed E-state index contributed by atoms with van der Waals surface area (Å²) in [5, 5.41) is -0.207. The van der Waals surface area contributed by atoms with Gasteiger partial charge in [-0.05, 0) is 55.8 Å². The Bertz CT molecular complexity index is 449. The highest BCUT2D eigenvalue weighted by Crippen LogP contribution is 2.14. The van der Waals surface area contributed by atoms with Gasteiger partial charge in [0.2, 0.25) is 5.24 Å². The van der Waals surface area contributed by atoms with Crippen LogP contribution in [0.25, 0.3) is 6.08 Å². The second kappa shape index (κ2) is 9.77. The topological polar surface area (TPSA) is 17.1 Å². The van der Waals surface area contributed by atoms with Crippen molar-refractivity contribution < 1.29 is 4.79 Å². The van der Waals surface area contributed by atoms with E-state index in [0.717, 1.165) is 19.3 Å². The van der Waals surface area contributed by atoms with Gasteiger partial charge in [0.25, 0.3) is 0 Å². The fourth-order valence-corrected chi connectivity index (χ4v) is 2.34. The summed E-state index contributed by atoms with van der Waals surface area (Å²) in [6.07, 6.45) is 11.8. The summed E-state index contributed by atoms with van der Waals surface area (Å²) >= 11 is 5.29. The fourth-order valence-electron chi connectivity index (χ4n) is 2.21. The van der Waals surface area contributed by atoms with E-state index in [1.165, 1.54) is 36.0 Å². The molecule has 0 aromatic heterocycles. The van der Waals surface area contributed by atoms with Crippen molar-refractivity contribution in [2.45, 2.75) is 58.8 Å². The van der Waals surface area contributed by atoms with Gasteiger partial charge in [-0.2, -0.15) is 0 Å². The minimum absolute atomic E-state index is 0.207. The molecule has 0 aliphatic heterocycles. The normalized spacial score (nSPS) is 11.2. The maximum absolute atomic E-state index is 10.6. The van der Waals surface area contributed by atoms with Crippen molar-refractivity contribution in [3.05, 3.63) is 41.0 Å². The molecule has 0 bridgehead atoms. The minimum atomic E-state index is -0.207. The van der Waals surface area contributed by atoms with Gasteiger partial charge in [0.1, 0.15) is 0 Å². The molecule has 0 radical (unpaired) electrons. The van der Waals surface area contributed by atoms with Crippen LogP contribution < -0.4 is 0 Å². The third-order valence-electron chi connectivity index (χ3n) is 3.48. The zero-order valence-corrected chi connectivity index (χ0v) is 13.4. The lowest BCUT2D eigenvalue weighted by atomic mass is 10.0. The number of hydrogen-bond donors (Lipinski definition) is 0. The summed E-state index contributed by atoms with van der Waals surface area (Å²) in [4.78, 5) is 10.6. The predicted octanol–water partition coefficient (Wildman–Crippen LogP) is 5.81. The molecule has 2 heteroatoms. The van der Waals surface area contributed by atoms with Crippen LogP contribution in [0, 0.1) is 13.8 Å². The Labute approximate surface area is 128 Å². The van der Waals surface area contributed by atoms with Crippen molar-refractivity contribution in [3.8, 4) is 0 Å². The number of benzene rings is 1. The number of hydrogen-bond acceptors (Lipinski definition) is 1. The zero-order valence-electron chi connectivity index (χ0n) is 12.6. The summed E-state index contributed by atoms with van der Waals surface area (Å²) in [7, 11) is 0. The van der Waals surface area contributed by atoms with Crippen molar-refractivity contribution in [1.82, 2.24) is 0 Å². The molecule has 0 aliphatic carbocycles. The molecule has 0 spiro atoms. The number of unbranched alkanes of at least 4 members (excludes halogenated alkanes) is 5. The van der Waals surface area contributed by atoms with E-state index >= 15 is 0 Å². The Balaban J connectivity index is 2.13. The lowest BCUT2D eigenvalue weighted by molar-refractivity contribution is -0.111. The van der Waals surface area contributed by atoms with Gasteiger partial charge in [-0.1, -0.05) is 55.2 Å². The predicted molar refractivity (Wildman–Crippen MR) is 88.1 cm³/mol. The third kappa shape index (κ3) is 7.49. The first kappa shape index (κ1) is 17.0. The van der Waals surface area contributed by atoms with E-state index in [0.29, 0.717) is 6.42 Å². The molecule has 0 unspecified atom stereocenters. The summed E-state index contributed by atoms with van der Waals surface area (Å²) in [5.41, 5.74) is 3.97. The molecule has 1 aromatic rings. The van der Waals surface area contributed by atoms with E-state index in [-0.39, 0.29) is 5.24 Å². The summed E-state index contributed by atoms with van der Waals surface area (Å²) in [5.74, 6) is 0. The Kier molecular flexibility index (Phi) is 8.29. The van der Waals surface area contributed by atoms with E-state index in [1.54, 1.807) is 0 Å². The molecule has 110 valence electrons. The Morgan fingerprint density at radius 1 is 1.10 bits per heavy atom. The number of rotatable bonds is 9. The average Bonchev–Trinajstić information content (AvgIpc) is 2.40. The molecule has 0 atom stereocenters. The van der Waals surface area contributed by atoms with Gasteiger partial charge in [0, 0.05) is 6.42 Å². The van der Waals surface area contributed by atoms with E-state index in [9.17, 15) is 4.79 Å². The van der Waals surface area contributed by atoms with Crippen molar-refractivity contribution in [2.24, 2.45) is 0 Å². The van der Waals surface area contributed by atoms with Crippen LogP contribution in [0.1, 0.15) is 61.6 Å². The lowest BCUT2D eigenvalue weighted by Crippen LogP contribution is -1.86. The Hall–Kier alpha value is -1.08. The molecule has 0 aliphatic rings. The molecule has 0 N–H and O–H groups in total. The van der Waals surface area contributed by atoms with Crippen molar-refractivity contribution >= 4 is 22.9 Å². The highest BCUT2D eigenvalue weighted by molar-refractivity contribution is 6.63. The van der Waals surface area contributed by atoms with Crippen molar-refractivity contribution in [2.75, 3.05) is 0 Å². The molecule has 0 saturated carbocycles. The molecule has 20 heavy (non-hydrogen) atoms. The molecule has 0 fully saturated rings. The quantitative estimate of drug-likeness (QED) is 0.414. The standard InChI is InChI=1S/C18H25ClO/c1-15-12-13-16(2)17(14-15)10-8-6-4-3-5-7-9-11-18(19)20/h8,10,12-14H,3-7,9,11H2,1-2H3/b10-8+. The minimum Gasteiger partial charge on any atom is -0.281 e. The largest absolute Gasteiger partial charge is 0.281 e. The van der Waals surface area contributed by atoms with E-state index in [2.05, 4.69) is 44.2 Å². The van der Waals surface area contributed by atoms with Crippen LogP contribution in [0.4, 0.5) is 0 Å². The number of halogens is 1. The van der Waals surface area contributed by atoms with Crippen LogP contribution in [-0.2, 0) is 4.79 Å². The smallest absolute Gasteiger partial charge is 0.221 e. The van der Waals surface area contributed by atoms with Crippen LogP contribution in [0.5, 0.6) is 0 Å². The fraction of sp³-hybridized carbons (Fsp3) is 0.500. The Morgan fingerprint density at radius 2 is 1.80 bits per heavy atom. The molecule has 1 aromatic carbocycles. The number of allylic oxidation sites excluding steroid dienone is 1. The van der Waals surface area contributed by atoms with E-state index in [1.807, 2.05) is 0 Å². The summed E-state index contributed by atoms with van der Waals surface area (Å²) in [6, 6.07) is 6.56. The van der Waals surface area contributed by atoms with Crippen LogP contribution in [0.2, 0.25) is 0 Å². The van der Waals surface area contributed by atoms with Crippen molar-refractivity contribution in [3.63, 3.8) is 0 Å². The lowest BCUT2D eigenvalue weighted by Gasteiger charge is -2.02. The van der Waals surface area contributed by atoms with Gasteiger partial charge >= 0.3 is 0 Å². The first-order chi connectivity index (χ1) is 9.59. The highest BCUT2D eigenvalue weighted by Gasteiger charge is 1.96. The van der Waals surface area contributed by atoms with Gasteiger partial charge in [0.15, 0.2) is 0 Å². The van der Waals surface area contributed by atoms with Gasteiger partial charge in [0.05, 0.1) is 0 Å². The summed E-state index contributed by atoms with van der Waals surface area (Å²) in [6.45, 7) is 4.28. The van der Waals surface area contributed by atoms with Crippen LogP contribution >= 0.6 is 11.6 Å². The van der Waals surface area contributed by atoms with Crippen LogP contribution in [0.3, 0.4) is 0 Å². The first-order valence-corrected chi connectivity index (χ1v) is 7.89. The maximum Gasteiger partial charge on any atom is 0.221 e. The number of carbonyl (C=O) groups is 1. The molecular weight excluding hydrogens is 268 g/mol. The first-order valence-electron chi connectivity index (χ1n) is 7.51. The van der Waals surface area contributed by atoms with E-state index < -0.39 is 0 Å². The van der Waals surface area contributed by atoms with Gasteiger partial charge < -0.3 is 0 Å². The van der Waals surface area contributed by atoms with Crippen molar-refractivity contribution in [1.29, 1.82) is 0 Å². The highest BCUT2D eigenvalue weighted by atomic mass is 35.5. The second-order valence-electron chi connectivity index (χ2n) is 5.42. The molecule has 1 rings (SSSR count). The van der Waals surface area contributed by atoms with E-state index in [4.69, 9.17) is 11.6 Å².